The molecule has 0 bridgehead atoms. The van der Waals surface area contributed by atoms with Crippen LogP contribution in [0.15, 0.2) is 18.5 Å². The van der Waals surface area contributed by atoms with Gasteiger partial charge in [-0.2, -0.15) is 9.97 Å². The zero-order chi connectivity index (χ0) is 18.0. The molecule has 0 unspecified atom stereocenters. The Bertz CT molecular complexity index is 711. The van der Waals surface area contributed by atoms with Gasteiger partial charge in [0.05, 0.1) is 6.10 Å². The lowest BCUT2D eigenvalue weighted by Gasteiger charge is -2.34. The van der Waals surface area contributed by atoms with Crippen LogP contribution in [0.2, 0.25) is 0 Å². The molecule has 0 aromatic carbocycles. The lowest BCUT2D eigenvalue weighted by Crippen LogP contribution is -2.36. The van der Waals surface area contributed by atoms with E-state index in [-0.39, 0.29) is 12.1 Å². The lowest BCUT2D eigenvalue weighted by atomic mass is 9.97. The summed E-state index contributed by atoms with van der Waals surface area (Å²) in [5, 5.41) is 0. The average Bonchev–Trinajstić information content (AvgIpc) is 3.03. The zero-order valence-corrected chi connectivity index (χ0v) is 15.5. The van der Waals surface area contributed by atoms with Crippen LogP contribution in [0.4, 0.5) is 11.8 Å². The number of ether oxygens (including phenoxy) is 1. The number of rotatable bonds is 5. The second-order valence-corrected chi connectivity index (χ2v) is 7.16. The molecule has 25 heavy (non-hydrogen) atoms. The molecule has 7 heteroatoms. The Kier molecular flexibility index (Phi) is 5.11. The van der Waals surface area contributed by atoms with E-state index in [9.17, 15) is 0 Å². The third-order valence-electron chi connectivity index (χ3n) is 4.43. The first-order valence-electron chi connectivity index (χ1n) is 9.03. The maximum absolute atomic E-state index is 5.89. The summed E-state index contributed by atoms with van der Waals surface area (Å²) < 4.78 is 7.96. The first-order chi connectivity index (χ1) is 11.9. The quantitative estimate of drug-likeness (QED) is 0.898. The number of nitrogens with two attached hydrogens (primary N) is 1. The third-order valence-corrected chi connectivity index (χ3v) is 4.43. The number of nitrogen functional groups attached to an aromatic ring is 1. The summed E-state index contributed by atoms with van der Waals surface area (Å²) in [7, 11) is 0. The van der Waals surface area contributed by atoms with Gasteiger partial charge < -0.3 is 19.9 Å². The molecular formula is C18H28N6O. The summed E-state index contributed by atoms with van der Waals surface area (Å²) in [5.74, 6) is 3.15. The smallest absolute Gasteiger partial charge is 0.225 e. The fourth-order valence-electron chi connectivity index (χ4n) is 3.37. The van der Waals surface area contributed by atoms with Gasteiger partial charge in [-0.1, -0.05) is 0 Å². The normalized spacial score (nSPS) is 18.2. The van der Waals surface area contributed by atoms with E-state index in [4.69, 9.17) is 10.5 Å². The Morgan fingerprint density at radius 2 is 2.04 bits per heavy atom. The van der Waals surface area contributed by atoms with E-state index < -0.39 is 0 Å². The van der Waals surface area contributed by atoms with Crippen LogP contribution in [-0.4, -0.2) is 38.7 Å². The predicted molar refractivity (Wildman–Crippen MR) is 99.0 cm³/mol. The van der Waals surface area contributed by atoms with Gasteiger partial charge in [-0.05, 0) is 40.5 Å². The van der Waals surface area contributed by atoms with E-state index in [0.717, 1.165) is 37.6 Å². The largest absolute Gasteiger partial charge is 0.475 e. The molecule has 1 fully saturated rings. The van der Waals surface area contributed by atoms with Crippen LogP contribution in [0, 0.1) is 0 Å². The molecule has 1 aliphatic rings. The van der Waals surface area contributed by atoms with Crippen LogP contribution in [0.5, 0.6) is 5.88 Å². The minimum Gasteiger partial charge on any atom is -0.475 e. The average molecular weight is 344 g/mol. The lowest BCUT2D eigenvalue weighted by molar-refractivity contribution is 0.232. The highest BCUT2D eigenvalue weighted by molar-refractivity contribution is 5.46. The number of hydrogen-bond acceptors (Lipinski definition) is 6. The van der Waals surface area contributed by atoms with Crippen LogP contribution in [0.3, 0.4) is 0 Å². The molecule has 2 aromatic heterocycles. The van der Waals surface area contributed by atoms with Crippen molar-refractivity contribution < 1.29 is 4.74 Å². The van der Waals surface area contributed by atoms with Gasteiger partial charge in [0, 0.05) is 43.5 Å². The second-order valence-electron chi connectivity index (χ2n) is 7.16. The van der Waals surface area contributed by atoms with Crippen LogP contribution in [0.1, 0.15) is 58.3 Å². The Morgan fingerprint density at radius 1 is 1.24 bits per heavy atom. The molecule has 0 spiro atoms. The fraction of sp³-hybridized carbons (Fsp3) is 0.611. The number of imidazole rings is 1. The van der Waals surface area contributed by atoms with Crippen molar-refractivity contribution in [2.45, 2.75) is 58.6 Å². The Morgan fingerprint density at radius 3 is 2.76 bits per heavy atom. The maximum atomic E-state index is 5.89. The van der Waals surface area contributed by atoms with Crippen molar-refractivity contribution in [3.05, 3.63) is 24.3 Å². The molecule has 2 N–H and O–H groups in total. The van der Waals surface area contributed by atoms with Crippen molar-refractivity contribution in [1.29, 1.82) is 0 Å². The molecule has 7 nitrogen and oxygen atoms in total. The van der Waals surface area contributed by atoms with Crippen LogP contribution >= 0.6 is 0 Å². The third kappa shape index (κ3) is 4.03. The predicted octanol–water partition coefficient (Wildman–Crippen LogP) is 3.01. The summed E-state index contributed by atoms with van der Waals surface area (Å²) >= 11 is 0. The minimum atomic E-state index is 0.0507. The monoisotopic (exact) mass is 344 g/mol. The molecule has 0 amide bonds. The van der Waals surface area contributed by atoms with E-state index in [0.29, 0.717) is 17.8 Å². The van der Waals surface area contributed by atoms with Gasteiger partial charge in [0.15, 0.2) is 0 Å². The number of aromatic nitrogens is 4. The molecule has 1 aliphatic heterocycles. The number of piperidine rings is 1. The van der Waals surface area contributed by atoms with E-state index >= 15 is 0 Å². The van der Waals surface area contributed by atoms with Crippen molar-refractivity contribution in [2.24, 2.45) is 0 Å². The molecule has 136 valence electrons. The van der Waals surface area contributed by atoms with E-state index in [2.05, 4.69) is 44.5 Å². The highest BCUT2D eigenvalue weighted by Gasteiger charge is 2.26. The van der Waals surface area contributed by atoms with E-state index in [1.165, 1.54) is 0 Å². The Hall–Kier alpha value is -2.31. The van der Waals surface area contributed by atoms with Crippen molar-refractivity contribution in [3.63, 3.8) is 0 Å². The summed E-state index contributed by atoms with van der Waals surface area (Å²) in [6.45, 7) is 10.2. The number of anilines is 2. The molecule has 3 rings (SSSR count). The standard InChI is InChI=1S/C18H28N6O/c1-12(2)24-9-7-20-17(24)14-6-5-8-23(11-14)15-10-16(25-13(3)4)22-18(19)21-15/h7,9-10,12-14H,5-6,8,11H2,1-4H3,(H2,19,21,22)/t14-/m1/s1. The molecule has 0 saturated carbocycles. The molecule has 1 saturated heterocycles. The van der Waals surface area contributed by atoms with Gasteiger partial charge in [-0.3, -0.25) is 0 Å². The first kappa shape index (κ1) is 17.5. The number of hydrogen-bond donors (Lipinski definition) is 1. The molecule has 0 aliphatic carbocycles. The fourth-order valence-corrected chi connectivity index (χ4v) is 3.37. The summed E-state index contributed by atoms with van der Waals surface area (Å²) in [6, 6.07) is 2.29. The van der Waals surface area contributed by atoms with E-state index in [1.54, 1.807) is 0 Å². The van der Waals surface area contributed by atoms with Crippen LogP contribution in [0.25, 0.3) is 0 Å². The first-order valence-corrected chi connectivity index (χ1v) is 9.03. The van der Waals surface area contributed by atoms with Crippen molar-refractivity contribution in [3.8, 4) is 5.88 Å². The molecule has 0 radical (unpaired) electrons. The van der Waals surface area contributed by atoms with Gasteiger partial charge in [-0.25, -0.2) is 4.98 Å². The van der Waals surface area contributed by atoms with E-state index in [1.807, 2.05) is 26.1 Å². The highest BCUT2D eigenvalue weighted by Crippen LogP contribution is 2.30. The number of nitrogens with zero attached hydrogens (tertiary/aromatic N) is 5. The topological polar surface area (TPSA) is 82.1 Å². The molecular weight excluding hydrogens is 316 g/mol. The summed E-state index contributed by atoms with van der Waals surface area (Å²) in [5.41, 5.74) is 5.89. The zero-order valence-electron chi connectivity index (χ0n) is 15.5. The minimum absolute atomic E-state index is 0.0507. The Balaban J connectivity index is 1.81. The highest BCUT2D eigenvalue weighted by atomic mass is 16.5. The van der Waals surface area contributed by atoms with Gasteiger partial charge in [0.2, 0.25) is 11.8 Å². The summed E-state index contributed by atoms with van der Waals surface area (Å²) in [6.07, 6.45) is 6.24. The van der Waals surface area contributed by atoms with Crippen LogP contribution in [-0.2, 0) is 0 Å². The SMILES string of the molecule is CC(C)Oc1cc(N2CCC[C@@H](c3nccn3C(C)C)C2)nc(N)n1. The Labute approximate surface area is 149 Å². The van der Waals surface area contributed by atoms with Crippen LogP contribution < -0.4 is 15.4 Å². The van der Waals surface area contributed by atoms with Gasteiger partial charge in [-0.15, -0.1) is 0 Å². The maximum Gasteiger partial charge on any atom is 0.225 e. The molecule has 1 atom stereocenters. The van der Waals surface area contributed by atoms with Gasteiger partial charge in [0.25, 0.3) is 0 Å². The van der Waals surface area contributed by atoms with Crippen molar-refractivity contribution >= 4 is 11.8 Å². The molecule has 3 heterocycles. The van der Waals surface area contributed by atoms with Gasteiger partial charge in [0.1, 0.15) is 11.6 Å². The second kappa shape index (κ2) is 7.29. The molecule has 2 aromatic rings. The van der Waals surface area contributed by atoms with Crippen molar-refractivity contribution in [2.75, 3.05) is 23.7 Å². The summed E-state index contributed by atoms with van der Waals surface area (Å²) in [4.78, 5) is 15.5. The van der Waals surface area contributed by atoms with Crippen molar-refractivity contribution in [1.82, 2.24) is 19.5 Å². The van der Waals surface area contributed by atoms with Gasteiger partial charge >= 0.3 is 0 Å².